The first-order chi connectivity index (χ1) is 16.9. The summed E-state index contributed by atoms with van der Waals surface area (Å²) in [4.78, 5) is 15.2. The molecule has 2 aromatic carbocycles. The number of nitrogens with one attached hydrogen (secondary N) is 1. The molecule has 2 aliphatic heterocycles. The predicted octanol–water partition coefficient (Wildman–Crippen LogP) is 4.78. The Kier molecular flexibility index (Phi) is 6.62. The van der Waals surface area contributed by atoms with Crippen molar-refractivity contribution in [2.24, 2.45) is 0 Å². The minimum atomic E-state index is -0.541. The van der Waals surface area contributed by atoms with Crippen LogP contribution in [0, 0.1) is 24.4 Å². The molecule has 2 aliphatic rings. The molecule has 0 saturated carbocycles. The van der Waals surface area contributed by atoms with Gasteiger partial charge in [0.05, 0.1) is 0 Å². The molecule has 1 fully saturated rings. The highest BCUT2D eigenvalue weighted by Crippen LogP contribution is 2.35. The van der Waals surface area contributed by atoms with E-state index in [4.69, 9.17) is 0 Å². The number of aryl methyl sites for hydroxylation is 1. The van der Waals surface area contributed by atoms with E-state index in [2.05, 4.69) is 32.0 Å². The van der Waals surface area contributed by atoms with E-state index in [1.807, 2.05) is 4.90 Å². The van der Waals surface area contributed by atoms with E-state index in [9.17, 15) is 4.39 Å². The largest absolute Gasteiger partial charge is 0.325 e. The third-order valence-electron chi connectivity index (χ3n) is 6.85. The molecule has 0 radical (unpaired) electrons. The van der Waals surface area contributed by atoms with Gasteiger partial charge in [0.1, 0.15) is 23.3 Å². The van der Waals surface area contributed by atoms with Gasteiger partial charge >= 0.3 is 0 Å². The minimum absolute atomic E-state index is 0.106. The van der Waals surface area contributed by atoms with Crippen LogP contribution in [0.3, 0.4) is 0 Å². The van der Waals surface area contributed by atoms with Crippen molar-refractivity contribution in [2.45, 2.75) is 26.8 Å². The number of benzene rings is 2. The second-order valence-electron chi connectivity index (χ2n) is 9.13. The van der Waals surface area contributed by atoms with Gasteiger partial charge in [-0.3, -0.25) is 4.90 Å². The van der Waals surface area contributed by atoms with Gasteiger partial charge in [-0.2, -0.15) is 4.98 Å². The summed E-state index contributed by atoms with van der Waals surface area (Å²) in [5.74, 6) is -0.414. The van der Waals surface area contributed by atoms with Gasteiger partial charge in [-0.1, -0.05) is 6.92 Å². The lowest BCUT2D eigenvalue weighted by Gasteiger charge is -2.34. The van der Waals surface area contributed by atoms with Gasteiger partial charge in [0, 0.05) is 68.0 Å². The molecule has 3 heterocycles. The maximum absolute atomic E-state index is 15.1. The molecule has 0 spiro atoms. The molecule has 6 nitrogen and oxygen atoms in total. The maximum atomic E-state index is 15.1. The van der Waals surface area contributed by atoms with E-state index >= 15 is 8.78 Å². The predicted molar refractivity (Wildman–Crippen MR) is 131 cm³/mol. The third-order valence-corrected chi connectivity index (χ3v) is 6.85. The first kappa shape index (κ1) is 23.6. The fourth-order valence-corrected chi connectivity index (χ4v) is 4.69. The zero-order valence-corrected chi connectivity index (χ0v) is 20.0. The number of fused-ring (bicyclic) bond motifs is 1. The molecule has 35 heavy (non-hydrogen) atoms. The number of halogens is 3. The molecule has 9 heteroatoms. The van der Waals surface area contributed by atoms with Crippen molar-refractivity contribution < 1.29 is 13.2 Å². The molecule has 0 aliphatic carbocycles. The van der Waals surface area contributed by atoms with Crippen LogP contribution in [0.25, 0.3) is 0 Å². The second-order valence-corrected chi connectivity index (χ2v) is 9.13. The lowest BCUT2D eigenvalue weighted by molar-refractivity contribution is 0.129. The number of rotatable bonds is 6. The van der Waals surface area contributed by atoms with Gasteiger partial charge in [0.25, 0.3) is 0 Å². The number of nitrogens with zero attached hydrogens (tertiary/aromatic N) is 5. The molecule has 3 aromatic rings. The maximum Gasteiger partial charge on any atom is 0.229 e. The van der Waals surface area contributed by atoms with Crippen molar-refractivity contribution in [3.05, 3.63) is 70.7 Å². The summed E-state index contributed by atoms with van der Waals surface area (Å²) in [5.41, 5.74) is 2.62. The Labute approximate surface area is 203 Å². The molecule has 184 valence electrons. The van der Waals surface area contributed by atoms with Crippen LogP contribution >= 0.6 is 0 Å². The molecule has 5 rings (SSSR count). The van der Waals surface area contributed by atoms with Crippen LogP contribution in [0.5, 0.6) is 0 Å². The van der Waals surface area contributed by atoms with Crippen molar-refractivity contribution in [3.8, 4) is 0 Å². The van der Waals surface area contributed by atoms with Gasteiger partial charge in [-0.05, 0) is 55.8 Å². The van der Waals surface area contributed by atoms with Crippen molar-refractivity contribution in [1.82, 2.24) is 19.8 Å². The Bertz CT molecular complexity index is 1200. The third kappa shape index (κ3) is 4.97. The highest BCUT2D eigenvalue weighted by molar-refractivity contribution is 5.68. The average Bonchev–Trinajstić information content (AvgIpc) is 3.27. The standard InChI is InChI=1S/C26H29F3N6/c1-3-33-8-10-34(11-9-33)16-21-23(28)13-20(14-24(21)29)35-7-6-18-15-30-26(32-25(18)35)31-19-4-5-22(27)17(2)12-19/h4-5,12-15H,3,6-11,16H2,1-2H3,(H,30,31,32). The SMILES string of the molecule is CCN1CCN(Cc2c(F)cc(N3CCc4cnc(Nc5ccc(F)c(C)c5)nc43)cc2F)CC1. The topological polar surface area (TPSA) is 47.5 Å². The second kappa shape index (κ2) is 9.83. The molecule has 1 aromatic heterocycles. The van der Waals surface area contributed by atoms with Crippen molar-refractivity contribution in [3.63, 3.8) is 0 Å². The van der Waals surface area contributed by atoms with Crippen molar-refractivity contribution >= 4 is 23.1 Å². The molecule has 0 unspecified atom stereocenters. The van der Waals surface area contributed by atoms with Gasteiger partial charge in [-0.25, -0.2) is 18.2 Å². The summed E-state index contributed by atoms with van der Waals surface area (Å²) >= 11 is 0. The highest BCUT2D eigenvalue weighted by atomic mass is 19.1. The van der Waals surface area contributed by atoms with Crippen LogP contribution in [0.2, 0.25) is 0 Å². The monoisotopic (exact) mass is 482 g/mol. The van der Waals surface area contributed by atoms with Crippen molar-refractivity contribution in [1.29, 1.82) is 0 Å². The molecular formula is C26H29F3N6. The molecule has 1 N–H and O–H groups in total. The van der Waals surface area contributed by atoms with Crippen LogP contribution in [0.1, 0.15) is 23.6 Å². The van der Waals surface area contributed by atoms with Gasteiger partial charge in [0.15, 0.2) is 0 Å². The van der Waals surface area contributed by atoms with E-state index in [0.717, 1.165) is 38.3 Å². The molecule has 0 atom stereocenters. The van der Waals surface area contributed by atoms with Gasteiger partial charge in [-0.15, -0.1) is 0 Å². The minimum Gasteiger partial charge on any atom is -0.325 e. The average molecular weight is 483 g/mol. The number of hydrogen-bond donors (Lipinski definition) is 1. The molecular weight excluding hydrogens is 453 g/mol. The fraction of sp³-hybridized carbons (Fsp3) is 0.385. The van der Waals surface area contributed by atoms with E-state index < -0.39 is 11.6 Å². The van der Waals surface area contributed by atoms with Gasteiger partial charge < -0.3 is 15.1 Å². The summed E-state index contributed by atoms with van der Waals surface area (Å²) in [5, 5.41) is 3.09. The van der Waals surface area contributed by atoms with Crippen LogP contribution in [0.4, 0.5) is 36.3 Å². The number of aromatic nitrogens is 2. The Hall–Kier alpha value is -3.17. The number of hydrogen-bond acceptors (Lipinski definition) is 6. The quantitative estimate of drug-likeness (QED) is 0.546. The highest BCUT2D eigenvalue weighted by Gasteiger charge is 2.26. The summed E-state index contributed by atoms with van der Waals surface area (Å²) in [6.45, 7) is 9.04. The summed E-state index contributed by atoms with van der Waals surface area (Å²) in [7, 11) is 0. The smallest absolute Gasteiger partial charge is 0.229 e. The summed E-state index contributed by atoms with van der Waals surface area (Å²) < 4.78 is 43.8. The van der Waals surface area contributed by atoms with E-state index in [-0.39, 0.29) is 17.9 Å². The van der Waals surface area contributed by atoms with Crippen LogP contribution in [0.15, 0.2) is 36.5 Å². The number of likely N-dealkylation sites (N-methyl/N-ethyl adjacent to an activating group) is 1. The first-order valence-electron chi connectivity index (χ1n) is 12.0. The summed E-state index contributed by atoms with van der Waals surface area (Å²) in [6.07, 6.45) is 2.40. The normalized spacial score (nSPS) is 16.5. The molecule has 0 amide bonds. The summed E-state index contributed by atoms with van der Waals surface area (Å²) in [6, 6.07) is 7.47. The van der Waals surface area contributed by atoms with E-state index in [1.165, 1.54) is 18.2 Å². The Morgan fingerprint density at radius 3 is 2.31 bits per heavy atom. The number of piperazine rings is 1. The van der Waals surface area contributed by atoms with E-state index in [0.29, 0.717) is 41.7 Å². The number of anilines is 4. The Morgan fingerprint density at radius 1 is 0.914 bits per heavy atom. The Morgan fingerprint density at radius 2 is 1.63 bits per heavy atom. The zero-order chi connectivity index (χ0) is 24.5. The lowest BCUT2D eigenvalue weighted by Crippen LogP contribution is -2.45. The van der Waals surface area contributed by atoms with Crippen LogP contribution in [-0.4, -0.2) is 59.0 Å². The fourth-order valence-electron chi connectivity index (χ4n) is 4.69. The molecule has 0 bridgehead atoms. The molecule has 1 saturated heterocycles. The Balaban J connectivity index is 1.35. The van der Waals surface area contributed by atoms with Gasteiger partial charge in [0.2, 0.25) is 5.95 Å². The van der Waals surface area contributed by atoms with Crippen molar-refractivity contribution in [2.75, 3.05) is 49.5 Å². The van der Waals surface area contributed by atoms with E-state index in [1.54, 1.807) is 25.3 Å². The van der Waals surface area contributed by atoms with Crippen LogP contribution < -0.4 is 10.2 Å². The first-order valence-corrected chi connectivity index (χ1v) is 12.0. The zero-order valence-electron chi connectivity index (χ0n) is 20.0. The lowest BCUT2D eigenvalue weighted by atomic mass is 10.1. The van der Waals surface area contributed by atoms with Crippen LogP contribution in [-0.2, 0) is 13.0 Å².